The predicted molar refractivity (Wildman–Crippen MR) is 57.7 cm³/mol. The molecule has 4 nitrogen and oxygen atoms in total. The average Bonchev–Trinajstić information content (AvgIpc) is 3.00. The van der Waals surface area contributed by atoms with E-state index in [1.807, 2.05) is 20.8 Å². The van der Waals surface area contributed by atoms with Crippen molar-refractivity contribution in [1.29, 1.82) is 0 Å². The zero-order chi connectivity index (χ0) is 11.5. The SMILES string of the molecule is CCOC(=O)C(C)(NC1CC1)C(C)OC. The molecule has 2 unspecified atom stereocenters. The molecule has 88 valence electrons. The molecule has 0 spiro atoms. The minimum Gasteiger partial charge on any atom is -0.465 e. The normalized spacial score (nSPS) is 21.9. The van der Waals surface area contributed by atoms with Crippen molar-refractivity contribution in [3.63, 3.8) is 0 Å². The van der Waals surface area contributed by atoms with Crippen LogP contribution in [-0.2, 0) is 14.3 Å². The first kappa shape index (κ1) is 12.5. The zero-order valence-corrected chi connectivity index (χ0v) is 10.0. The molecular weight excluding hydrogens is 194 g/mol. The van der Waals surface area contributed by atoms with Crippen LogP contribution in [0.4, 0.5) is 0 Å². The zero-order valence-electron chi connectivity index (χ0n) is 10.0. The lowest BCUT2D eigenvalue weighted by Gasteiger charge is -2.33. The number of nitrogens with one attached hydrogen (secondary N) is 1. The van der Waals surface area contributed by atoms with Crippen LogP contribution in [0.1, 0.15) is 33.6 Å². The molecular formula is C11H21NO3. The highest BCUT2D eigenvalue weighted by molar-refractivity contribution is 5.81. The van der Waals surface area contributed by atoms with Crippen LogP contribution in [0.5, 0.6) is 0 Å². The van der Waals surface area contributed by atoms with E-state index in [0.29, 0.717) is 12.6 Å². The molecule has 0 bridgehead atoms. The smallest absolute Gasteiger partial charge is 0.328 e. The monoisotopic (exact) mass is 215 g/mol. The Bertz CT molecular complexity index is 228. The number of esters is 1. The van der Waals surface area contributed by atoms with Gasteiger partial charge in [0.25, 0.3) is 0 Å². The largest absolute Gasteiger partial charge is 0.465 e. The van der Waals surface area contributed by atoms with E-state index in [0.717, 1.165) is 12.8 Å². The molecule has 0 aliphatic heterocycles. The number of carbonyl (C=O) groups excluding carboxylic acids is 1. The summed E-state index contributed by atoms with van der Waals surface area (Å²) in [5, 5.41) is 3.30. The van der Waals surface area contributed by atoms with Gasteiger partial charge in [-0.05, 0) is 33.6 Å². The third-order valence-electron chi connectivity index (χ3n) is 2.95. The maximum absolute atomic E-state index is 11.9. The highest BCUT2D eigenvalue weighted by Crippen LogP contribution is 2.25. The number of ether oxygens (including phenoxy) is 2. The second kappa shape index (κ2) is 4.94. The summed E-state index contributed by atoms with van der Waals surface area (Å²) in [5.74, 6) is -0.230. The summed E-state index contributed by atoms with van der Waals surface area (Å²) in [6.45, 7) is 5.94. The molecule has 0 amide bonds. The summed E-state index contributed by atoms with van der Waals surface area (Å²) in [5.41, 5.74) is -0.730. The predicted octanol–water partition coefficient (Wildman–Crippen LogP) is 1.10. The molecule has 2 atom stereocenters. The number of hydrogen-bond donors (Lipinski definition) is 1. The lowest BCUT2D eigenvalue weighted by atomic mass is 9.95. The third kappa shape index (κ3) is 2.92. The Morgan fingerprint density at radius 1 is 1.60 bits per heavy atom. The van der Waals surface area contributed by atoms with Crippen LogP contribution in [0.25, 0.3) is 0 Å². The fourth-order valence-electron chi connectivity index (χ4n) is 1.51. The van der Waals surface area contributed by atoms with Crippen molar-refractivity contribution in [2.45, 2.75) is 51.3 Å². The second-order valence-electron chi connectivity index (χ2n) is 4.22. The maximum Gasteiger partial charge on any atom is 0.328 e. The van der Waals surface area contributed by atoms with Gasteiger partial charge in [-0.3, -0.25) is 5.32 Å². The molecule has 1 rings (SSSR count). The van der Waals surface area contributed by atoms with Crippen LogP contribution in [-0.4, -0.2) is 37.4 Å². The van der Waals surface area contributed by atoms with E-state index >= 15 is 0 Å². The van der Waals surface area contributed by atoms with Gasteiger partial charge < -0.3 is 9.47 Å². The van der Waals surface area contributed by atoms with E-state index in [4.69, 9.17) is 9.47 Å². The van der Waals surface area contributed by atoms with Gasteiger partial charge in [-0.25, -0.2) is 4.79 Å². The Hall–Kier alpha value is -0.610. The van der Waals surface area contributed by atoms with Crippen LogP contribution in [0, 0.1) is 0 Å². The van der Waals surface area contributed by atoms with Gasteiger partial charge in [-0.1, -0.05) is 0 Å². The molecule has 1 saturated carbocycles. The van der Waals surface area contributed by atoms with Crippen LogP contribution in [0.3, 0.4) is 0 Å². The molecule has 0 aromatic heterocycles. The topological polar surface area (TPSA) is 47.6 Å². The van der Waals surface area contributed by atoms with Crippen molar-refractivity contribution < 1.29 is 14.3 Å². The average molecular weight is 215 g/mol. The molecule has 1 N–H and O–H groups in total. The van der Waals surface area contributed by atoms with Crippen molar-refractivity contribution in [2.24, 2.45) is 0 Å². The van der Waals surface area contributed by atoms with Crippen LogP contribution in [0.2, 0.25) is 0 Å². The fourth-order valence-corrected chi connectivity index (χ4v) is 1.51. The number of methoxy groups -OCH3 is 1. The molecule has 4 heteroatoms. The van der Waals surface area contributed by atoms with E-state index in [-0.39, 0.29) is 12.1 Å². The van der Waals surface area contributed by atoms with Crippen molar-refractivity contribution in [1.82, 2.24) is 5.32 Å². The number of hydrogen-bond acceptors (Lipinski definition) is 4. The molecule has 15 heavy (non-hydrogen) atoms. The van der Waals surface area contributed by atoms with Gasteiger partial charge in [0.05, 0.1) is 12.7 Å². The molecule has 1 aliphatic carbocycles. The summed E-state index contributed by atoms with van der Waals surface area (Å²) in [7, 11) is 1.61. The van der Waals surface area contributed by atoms with E-state index in [1.165, 1.54) is 0 Å². The summed E-state index contributed by atoms with van der Waals surface area (Å²) >= 11 is 0. The van der Waals surface area contributed by atoms with Gasteiger partial charge in [0.15, 0.2) is 0 Å². The van der Waals surface area contributed by atoms with Crippen LogP contribution < -0.4 is 5.32 Å². The van der Waals surface area contributed by atoms with Crippen LogP contribution in [0.15, 0.2) is 0 Å². The van der Waals surface area contributed by atoms with Gasteiger partial charge >= 0.3 is 5.97 Å². The van der Waals surface area contributed by atoms with Gasteiger partial charge in [-0.2, -0.15) is 0 Å². The Kier molecular flexibility index (Phi) is 4.11. The van der Waals surface area contributed by atoms with Gasteiger partial charge in [-0.15, -0.1) is 0 Å². The third-order valence-corrected chi connectivity index (χ3v) is 2.95. The molecule has 0 aromatic carbocycles. The quantitative estimate of drug-likeness (QED) is 0.674. The van der Waals surface area contributed by atoms with E-state index in [2.05, 4.69) is 5.32 Å². The Morgan fingerprint density at radius 2 is 2.20 bits per heavy atom. The molecule has 0 saturated heterocycles. The summed E-state index contributed by atoms with van der Waals surface area (Å²) in [6, 6.07) is 0.442. The van der Waals surface area contributed by atoms with Crippen molar-refractivity contribution in [3.8, 4) is 0 Å². The first-order valence-electron chi connectivity index (χ1n) is 5.52. The maximum atomic E-state index is 11.9. The Labute approximate surface area is 91.3 Å². The molecule has 1 fully saturated rings. The summed E-state index contributed by atoms with van der Waals surface area (Å²) < 4.78 is 10.3. The molecule has 1 aliphatic rings. The Balaban J connectivity index is 2.68. The van der Waals surface area contributed by atoms with E-state index in [9.17, 15) is 4.79 Å². The Morgan fingerprint density at radius 3 is 2.60 bits per heavy atom. The highest BCUT2D eigenvalue weighted by Gasteiger charge is 2.44. The van der Waals surface area contributed by atoms with E-state index < -0.39 is 5.54 Å². The van der Waals surface area contributed by atoms with Gasteiger partial charge in [0.2, 0.25) is 0 Å². The number of carbonyl (C=O) groups is 1. The fraction of sp³-hybridized carbons (Fsp3) is 0.909. The summed E-state index contributed by atoms with van der Waals surface area (Å²) in [4.78, 5) is 11.9. The first-order valence-corrected chi connectivity index (χ1v) is 5.52. The minimum atomic E-state index is -0.730. The first-order chi connectivity index (χ1) is 7.04. The summed E-state index contributed by atoms with van der Waals surface area (Å²) in [6.07, 6.45) is 2.06. The van der Waals surface area contributed by atoms with E-state index in [1.54, 1.807) is 7.11 Å². The molecule has 0 aromatic rings. The standard InChI is InChI=1S/C11H21NO3/c1-5-15-10(13)11(3,8(2)14-4)12-9-6-7-9/h8-9,12H,5-7H2,1-4H3. The van der Waals surface area contributed by atoms with Crippen molar-refractivity contribution >= 4 is 5.97 Å². The van der Waals surface area contributed by atoms with Gasteiger partial charge in [0.1, 0.15) is 5.54 Å². The highest BCUT2D eigenvalue weighted by atomic mass is 16.5. The van der Waals surface area contributed by atoms with Crippen molar-refractivity contribution in [3.05, 3.63) is 0 Å². The molecule has 0 radical (unpaired) electrons. The minimum absolute atomic E-state index is 0.197. The number of rotatable bonds is 6. The van der Waals surface area contributed by atoms with Gasteiger partial charge in [0, 0.05) is 13.2 Å². The van der Waals surface area contributed by atoms with Crippen molar-refractivity contribution in [2.75, 3.05) is 13.7 Å². The lowest BCUT2D eigenvalue weighted by molar-refractivity contribution is -0.156. The second-order valence-corrected chi connectivity index (χ2v) is 4.22. The molecule has 0 heterocycles. The lowest BCUT2D eigenvalue weighted by Crippen LogP contribution is -2.59. The van der Waals surface area contributed by atoms with Crippen LogP contribution >= 0.6 is 0 Å².